The molecule has 0 aromatic carbocycles. The van der Waals surface area contributed by atoms with E-state index in [9.17, 15) is 4.79 Å². The number of rotatable bonds is 5. The van der Waals surface area contributed by atoms with E-state index >= 15 is 0 Å². The van der Waals surface area contributed by atoms with E-state index in [0.29, 0.717) is 11.9 Å². The number of carbonyl (C=O) groups is 1. The molecule has 3 aromatic heterocycles. The Hall–Kier alpha value is -2.89. The van der Waals surface area contributed by atoms with Gasteiger partial charge in [0.15, 0.2) is 0 Å². The Morgan fingerprint density at radius 3 is 2.93 bits per heavy atom. The van der Waals surface area contributed by atoms with Gasteiger partial charge in [-0.2, -0.15) is 0 Å². The summed E-state index contributed by atoms with van der Waals surface area (Å²) in [4.78, 5) is 26.2. The second-order valence-corrected chi connectivity index (χ2v) is 8.36. The molecule has 0 bridgehead atoms. The van der Waals surface area contributed by atoms with Crippen LogP contribution in [-0.2, 0) is 11.2 Å². The maximum Gasteiger partial charge on any atom is 0.226 e. The van der Waals surface area contributed by atoms with Crippen LogP contribution in [-0.4, -0.2) is 50.9 Å². The molecule has 2 atom stereocenters. The first-order valence-corrected chi connectivity index (χ1v) is 10.6. The molecule has 0 aliphatic carbocycles. The Labute approximate surface area is 171 Å². The summed E-state index contributed by atoms with van der Waals surface area (Å²) < 4.78 is 2.15. The number of hydrogen-bond acceptors (Lipinski definition) is 4. The van der Waals surface area contributed by atoms with E-state index in [2.05, 4.69) is 61.4 Å². The highest BCUT2D eigenvalue weighted by Gasteiger charge is 2.42. The maximum absolute atomic E-state index is 12.9. The van der Waals surface area contributed by atoms with Crippen molar-refractivity contribution < 1.29 is 4.79 Å². The average Bonchev–Trinajstić information content (AvgIpc) is 3.34. The predicted molar refractivity (Wildman–Crippen MR) is 113 cm³/mol. The number of piperazine rings is 1. The molecule has 5 heterocycles. The van der Waals surface area contributed by atoms with Crippen LogP contribution >= 0.6 is 0 Å². The first-order valence-electron chi connectivity index (χ1n) is 10.6. The Kier molecular flexibility index (Phi) is 4.70. The van der Waals surface area contributed by atoms with Crippen molar-refractivity contribution in [2.75, 3.05) is 24.5 Å². The van der Waals surface area contributed by atoms with Crippen molar-refractivity contribution >= 4 is 17.2 Å². The molecule has 3 aromatic rings. The molecule has 2 aliphatic heterocycles. The lowest BCUT2D eigenvalue weighted by Gasteiger charge is -2.38. The molecular weight excluding hydrogens is 362 g/mol. The third kappa shape index (κ3) is 3.48. The Bertz CT molecular complexity index is 1010. The van der Waals surface area contributed by atoms with Gasteiger partial charge in [-0.15, -0.1) is 0 Å². The third-order valence-electron chi connectivity index (χ3n) is 6.41. The highest BCUT2D eigenvalue weighted by Crippen LogP contribution is 2.32. The van der Waals surface area contributed by atoms with Gasteiger partial charge in [-0.05, 0) is 56.4 Å². The van der Waals surface area contributed by atoms with Crippen LogP contribution in [0.4, 0.5) is 5.82 Å². The third-order valence-corrected chi connectivity index (χ3v) is 6.41. The molecule has 0 N–H and O–H groups in total. The van der Waals surface area contributed by atoms with Crippen LogP contribution in [0.15, 0.2) is 49.1 Å². The van der Waals surface area contributed by atoms with E-state index in [-0.39, 0.29) is 5.92 Å². The number of aryl methyl sites for hydroxylation is 2. The number of anilines is 1. The van der Waals surface area contributed by atoms with E-state index in [0.717, 1.165) is 56.7 Å². The van der Waals surface area contributed by atoms with Crippen LogP contribution in [0, 0.1) is 12.8 Å². The summed E-state index contributed by atoms with van der Waals surface area (Å²) in [5.41, 5.74) is 3.57. The largest absolute Gasteiger partial charge is 0.353 e. The number of hydrogen-bond donors (Lipinski definition) is 0. The second-order valence-electron chi connectivity index (χ2n) is 8.36. The molecule has 6 nitrogen and oxygen atoms in total. The number of aromatic nitrogens is 3. The van der Waals surface area contributed by atoms with Gasteiger partial charge >= 0.3 is 0 Å². The average molecular weight is 390 g/mol. The normalized spacial score (nSPS) is 21.8. The Balaban J connectivity index is 1.19. The van der Waals surface area contributed by atoms with Gasteiger partial charge in [0.1, 0.15) is 5.82 Å². The predicted octanol–water partition coefficient (Wildman–Crippen LogP) is 3.10. The van der Waals surface area contributed by atoms with Crippen LogP contribution < -0.4 is 4.90 Å². The van der Waals surface area contributed by atoms with Crippen molar-refractivity contribution in [2.24, 2.45) is 5.92 Å². The van der Waals surface area contributed by atoms with Crippen molar-refractivity contribution in [3.05, 3.63) is 60.3 Å². The highest BCUT2D eigenvalue weighted by molar-refractivity contribution is 5.82. The SMILES string of the molecule is Cc1ccc(N2CCN3C(=O)[C@@H](CCCc4cccc5cncn45)C[C@H]3C2)nc1. The number of nitrogens with zero attached hydrogens (tertiary/aromatic N) is 5. The monoisotopic (exact) mass is 389 g/mol. The minimum atomic E-state index is 0.160. The molecule has 2 aliphatic rings. The standard InChI is InChI=1S/C23H27N5O/c1-17-8-9-22(25-13-17)26-10-11-27-21(15-26)12-18(23(27)29)4-2-5-19-6-3-7-20-14-24-16-28(19)20/h3,6-9,13-14,16,18,21H,2,4-5,10-12,15H2,1H3/t18-,21-/m0/s1. The van der Waals surface area contributed by atoms with Crippen molar-refractivity contribution in [3.8, 4) is 0 Å². The van der Waals surface area contributed by atoms with Gasteiger partial charge < -0.3 is 14.2 Å². The van der Waals surface area contributed by atoms with Crippen LogP contribution in [0.1, 0.15) is 30.5 Å². The smallest absolute Gasteiger partial charge is 0.226 e. The molecule has 5 rings (SSSR count). The quantitative estimate of drug-likeness (QED) is 0.673. The van der Waals surface area contributed by atoms with Gasteiger partial charge in [0.25, 0.3) is 0 Å². The number of pyridine rings is 2. The molecular formula is C23H27N5O. The number of amides is 1. The van der Waals surface area contributed by atoms with Crippen LogP contribution in [0.5, 0.6) is 0 Å². The zero-order valence-corrected chi connectivity index (χ0v) is 16.9. The van der Waals surface area contributed by atoms with Gasteiger partial charge in [0.05, 0.1) is 24.1 Å². The molecule has 29 heavy (non-hydrogen) atoms. The van der Waals surface area contributed by atoms with Crippen molar-refractivity contribution in [1.82, 2.24) is 19.3 Å². The minimum absolute atomic E-state index is 0.160. The number of fused-ring (bicyclic) bond motifs is 2. The van der Waals surface area contributed by atoms with Crippen LogP contribution in [0.3, 0.4) is 0 Å². The summed E-state index contributed by atoms with van der Waals surface area (Å²) >= 11 is 0. The fourth-order valence-corrected chi connectivity index (χ4v) is 4.85. The van der Waals surface area contributed by atoms with E-state index in [1.54, 1.807) is 0 Å². The molecule has 150 valence electrons. The lowest BCUT2D eigenvalue weighted by molar-refractivity contribution is -0.132. The number of imidazole rings is 1. The number of carbonyl (C=O) groups excluding carboxylic acids is 1. The van der Waals surface area contributed by atoms with Crippen molar-refractivity contribution in [1.29, 1.82) is 0 Å². The highest BCUT2D eigenvalue weighted by atomic mass is 16.2. The van der Waals surface area contributed by atoms with Gasteiger partial charge in [-0.25, -0.2) is 9.97 Å². The molecule has 0 spiro atoms. The zero-order valence-electron chi connectivity index (χ0n) is 16.9. The molecule has 2 fully saturated rings. The maximum atomic E-state index is 12.9. The molecule has 1 amide bonds. The molecule has 6 heteroatoms. The molecule has 0 radical (unpaired) electrons. The first kappa shape index (κ1) is 18.2. The van der Waals surface area contributed by atoms with E-state index in [1.807, 2.05) is 18.7 Å². The van der Waals surface area contributed by atoms with Gasteiger partial charge in [-0.3, -0.25) is 4.79 Å². The summed E-state index contributed by atoms with van der Waals surface area (Å²) in [6, 6.07) is 10.8. The lowest BCUT2D eigenvalue weighted by atomic mass is 9.97. The lowest BCUT2D eigenvalue weighted by Crippen LogP contribution is -2.51. The van der Waals surface area contributed by atoms with E-state index in [1.165, 1.54) is 11.3 Å². The topological polar surface area (TPSA) is 53.7 Å². The summed E-state index contributed by atoms with van der Waals surface area (Å²) in [6.45, 7) is 4.63. The molecule has 2 saturated heterocycles. The summed E-state index contributed by atoms with van der Waals surface area (Å²) in [5, 5.41) is 0. The molecule has 0 unspecified atom stereocenters. The molecule has 0 saturated carbocycles. The van der Waals surface area contributed by atoms with Crippen LogP contribution in [0.2, 0.25) is 0 Å². The Morgan fingerprint density at radius 2 is 2.07 bits per heavy atom. The minimum Gasteiger partial charge on any atom is -0.353 e. The van der Waals surface area contributed by atoms with Crippen LogP contribution in [0.25, 0.3) is 5.52 Å². The van der Waals surface area contributed by atoms with E-state index < -0.39 is 0 Å². The van der Waals surface area contributed by atoms with Crippen molar-refractivity contribution in [3.63, 3.8) is 0 Å². The van der Waals surface area contributed by atoms with Gasteiger partial charge in [-0.1, -0.05) is 12.1 Å². The first-order chi connectivity index (χ1) is 14.2. The van der Waals surface area contributed by atoms with Gasteiger partial charge in [0, 0.05) is 37.4 Å². The summed E-state index contributed by atoms with van der Waals surface area (Å²) in [6.07, 6.45) is 9.61. The summed E-state index contributed by atoms with van der Waals surface area (Å²) in [7, 11) is 0. The van der Waals surface area contributed by atoms with Crippen molar-refractivity contribution in [2.45, 2.75) is 38.6 Å². The second kappa shape index (κ2) is 7.50. The van der Waals surface area contributed by atoms with E-state index in [4.69, 9.17) is 0 Å². The fraction of sp³-hybridized carbons (Fsp3) is 0.435. The zero-order chi connectivity index (χ0) is 19.8. The fourth-order valence-electron chi connectivity index (χ4n) is 4.85. The Morgan fingerprint density at radius 1 is 1.14 bits per heavy atom. The summed E-state index contributed by atoms with van der Waals surface area (Å²) in [5.74, 6) is 1.54. The van der Waals surface area contributed by atoms with Gasteiger partial charge in [0.2, 0.25) is 5.91 Å².